The van der Waals surface area contributed by atoms with Crippen LogP contribution in [0.1, 0.15) is 50.2 Å². The first-order valence-corrected chi connectivity index (χ1v) is 8.40. The summed E-state index contributed by atoms with van der Waals surface area (Å²) in [6.45, 7) is 6.66. The maximum Gasteiger partial charge on any atom is 0.0222 e. The van der Waals surface area contributed by atoms with Crippen molar-refractivity contribution in [3.63, 3.8) is 0 Å². The average Bonchev–Trinajstić information content (AvgIpc) is 2.37. The van der Waals surface area contributed by atoms with E-state index in [2.05, 4.69) is 53.3 Å². The Kier molecular flexibility index (Phi) is 5.90. The Hall–Kier alpha value is -0.340. The van der Waals surface area contributed by atoms with Crippen molar-refractivity contribution >= 4 is 15.9 Å². The van der Waals surface area contributed by atoms with Crippen LogP contribution >= 0.6 is 15.9 Å². The summed E-state index contributed by atoms with van der Waals surface area (Å²) in [5.41, 5.74) is 2.68. The van der Waals surface area contributed by atoms with Crippen LogP contribution in [0.25, 0.3) is 0 Å². The van der Waals surface area contributed by atoms with Gasteiger partial charge in [0.1, 0.15) is 0 Å². The van der Waals surface area contributed by atoms with Gasteiger partial charge in [-0.1, -0.05) is 54.2 Å². The summed E-state index contributed by atoms with van der Waals surface area (Å²) >= 11 is 3.64. The van der Waals surface area contributed by atoms with Gasteiger partial charge in [0.15, 0.2) is 0 Å². The number of hydrogen-bond donors (Lipinski definition) is 1. The van der Waals surface area contributed by atoms with Crippen LogP contribution in [0.5, 0.6) is 0 Å². The molecule has 1 aromatic rings. The summed E-state index contributed by atoms with van der Waals surface area (Å²) in [5.74, 6) is 1.91. The Morgan fingerprint density at radius 3 is 2.89 bits per heavy atom. The predicted molar refractivity (Wildman–Crippen MR) is 86.3 cm³/mol. The minimum Gasteiger partial charge on any atom is -0.313 e. The summed E-state index contributed by atoms with van der Waals surface area (Å²) < 4.78 is 1.23. The topological polar surface area (TPSA) is 12.0 Å². The first kappa shape index (κ1) is 15.1. The Balaban J connectivity index is 1.69. The van der Waals surface area contributed by atoms with E-state index in [1.54, 1.807) is 0 Å². The van der Waals surface area contributed by atoms with E-state index in [-0.39, 0.29) is 0 Å². The number of halogens is 1. The molecule has 2 atom stereocenters. The molecule has 1 saturated carbocycles. The summed E-state index contributed by atoms with van der Waals surface area (Å²) in [5, 5.41) is 3.59. The van der Waals surface area contributed by atoms with E-state index in [4.69, 9.17) is 0 Å². The minimum absolute atomic E-state index is 0.949. The van der Waals surface area contributed by atoms with Crippen molar-refractivity contribution in [1.29, 1.82) is 0 Å². The lowest BCUT2D eigenvalue weighted by molar-refractivity contribution is 0.267. The molecular weight excluding hydrogens is 298 g/mol. The Bertz CT molecular complexity index is 402. The van der Waals surface area contributed by atoms with Gasteiger partial charge in [0.05, 0.1) is 0 Å². The molecule has 1 aliphatic carbocycles. The van der Waals surface area contributed by atoms with E-state index in [1.165, 1.54) is 47.7 Å². The van der Waals surface area contributed by atoms with Crippen molar-refractivity contribution in [2.24, 2.45) is 11.8 Å². The zero-order valence-corrected chi connectivity index (χ0v) is 13.8. The molecule has 0 saturated heterocycles. The van der Waals surface area contributed by atoms with Crippen LogP contribution in [0.15, 0.2) is 22.7 Å². The van der Waals surface area contributed by atoms with E-state index < -0.39 is 0 Å². The van der Waals surface area contributed by atoms with Gasteiger partial charge in [0.25, 0.3) is 0 Å². The van der Waals surface area contributed by atoms with Gasteiger partial charge < -0.3 is 5.32 Å². The van der Waals surface area contributed by atoms with Crippen molar-refractivity contribution in [2.45, 2.75) is 52.5 Å². The third-order valence-electron chi connectivity index (χ3n) is 4.30. The normalized spacial score (nSPS) is 23.5. The molecule has 0 spiro atoms. The molecule has 2 rings (SSSR count). The van der Waals surface area contributed by atoms with Crippen molar-refractivity contribution in [2.75, 3.05) is 6.54 Å². The van der Waals surface area contributed by atoms with Crippen LogP contribution in [-0.2, 0) is 6.54 Å². The van der Waals surface area contributed by atoms with Crippen molar-refractivity contribution < 1.29 is 0 Å². The molecule has 0 amide bonds. The van der Waals surface area contributed by atoms with Gasteiger partial charge in [0, 0.05) is 11.0 Å². The van der Waals surface area contributed by atoms with Gasteiger partial charge in [-0.25, -0.2) is 0 Å². The molecule has 106 valence electrons. The molecule has 1 nitrogen and oxygen atoms in total. The number of hydrogen-bond acceptors (Lipinski definition) is 1. The summed E-state index contributed by atoms with van der Waals surface area (Å²) in [6.07, 6.45) is 7.11. The van der Waals surface area contributed by atoms with Crippen molar-refractivity contribution in [1.82, 2.24) is 5.32 Å². The highest BCUT2D eigenvalue weighted by atomic mass is 79.9. The second kappa shape index (κ2) is 7.44. The van der Waals surface area contributed by atoms with Crippen LogP contribution in [0.3, 0.4) is 0 Å². The Morgan fingerprint density at radius 2 is 2.16 bits per heavy atom. The van der Waals surface area contributed by atoms with Crippen molar-refractivity contribution in [3.05, 3.63) is 33.8 Å². The first-order chi connectivity index (χ1) is 9.15. The SMILES string of the molecule is Cc1ccc(CNCCC2CCCC(C)C2)c(Br)c1. The maximum absolute atomic E-state index is 3.64. The van der Waals surface area contributed by atoms with E-state index in [0.717, 1.165) is 24.9 Å². The lowest BCUT2D eigenvalue weighted by Crippen LogP contribution is -2.21. The standard InChI is InChI=1S/C17H26BrN/c1-13-4-3-5-15(10-13)8-9-19-12-16-7-6-14(2)11-17(16)18/h6-7,11,13,15,19H,3-5,8-10,12H2,1-2H3. The largest absolute Gasteiger partial charge is 0.313 e. The quantitative estimate of drug-likeness (QED) is 0.746. The van der Waals surface area contributed by atoms with E-state index in [9.17, 15) is 0 Å². The van der Waals surface area contributed by atoms with E-state index in [1.807, 2.05) is 0 Å². The number of benzene rings is 1. The molecule has 0 aliphatic heterocycles. The van der Waals surface area contributed by atoms with E-state index in [0.29, 0.717) is 0 Å². The summed E-state index contributed by atoms with van der Waals surface area (Å²) in [6, 6.07) is 6.60. The third-order valence-corrected chi connectivity index (χ3v) is 5.04. The van der Waals surface area contributed by atoms with Gasteiger partial charge in [-0.3, -0.25) is 0 Å². The second-order valence-electron chi connectivity index (χ2n) is 6.20. The van der Waals surface area contributed by atoms with Crippen LogP contribution in [0, 0.1) is 18.8 Å². The Labute approximate surface area is 126 Å². The number of rotatable bonds is 5. The van der Waals surface area contributed by atoms with Crippen LogP contribution in [0.2, 0.25) is 0 Å². The lowest BCUT2D eigenvalue weighted by atomic mass is 9.81. The Morgan fingerprint density at radius 1 is 1.32 bits per heavy atom. The minimum atomic E-state index is 0.949. The van der Waals surface area contributed by atoms with Gasteiger partial charge in [-0.05, 0) is 55.3 Å². The second-order valence-corrected chi connectivity index (χ2v) is 7.05. The molecule has 0 aromatic heterocycles. The molecule has 2 unspecified atom stereocenters. The third kappa shape index (κ3) is 4.92. The van der Waals surface area contributed by atoms with Gasteiger partial charge >= 0.3 is 0 Å². The van der Waals surface area contributed by atoms with E-state index >= 15 is 0 Å². The molecule has 1 fully saturated rings. The molecule has 2 heteroatoms. The highest BCUT2D eigenvalue weighted by Crippen LogP contribution is 2.30. The molecule has 19 heavy (non-hydrogen) atoms. The van der Waals surface area contributed by atoms with Gasteiger partial charge in [0.2, 0.25) is 0 Å². The molecule has 0 heterocycles. The van der Waals surface area contributed by atoms with Crippen LogP contribution < -0.4 is 5.32 Å². The highest BCUT2D eigenvalue weighted by molar-refractivity contribution is 9.10. The number of nitrogens with one attached hydrogen (secondary N) is 1. The molecule has 1 aliphatic rings. The summed E-state index contributed by atoms with van der Waals surface area (Å²) in [7, 11) is 0. The van der Waals surface area contributed by atoms with Gasteiger partial charge in [-0.15, -0.1) is 0 Å². The molecule has 0 radical (unpaired) electrons. The van der Waals surface area contributed by atoms with Gasteiger partial charge in [-0.2, -0.15) is 0 Å². The fourth-order valence-corrected chi connectivity index (χ4v) is 3.78. The maximum atomic E-state index is 3.64. The fourth-order valence-electron chi connectivity index (χ4n) is 3.15. The molecule has 1 N–H and O–H groups in total. The van der Waals surface area contributed by atoms with Crippen molar-refractivity contribution in [3.8, 4) is 0 Å². The number of aryl methyl sites for hydroxylation is 1. The average molecular weight is 324 g/mol. The summed E-state index contributed by atoms with van der Waals surface area (Å²) in [4.78, 5) is 0. The van der Waals surface area contributed by atoms with Crippen LogP contribution in [-0.4, -0.2) is 6.54 Å². The zero-order valence-electron chi connectivity index (χ0n) is 12.2. The lowest BCUT2D eigenvalue weighted by Gasteiger charge is -2.26. The first-order valence-electron chi connectivity index (χ1n) is 7.61. The monoisotopic (exact) mass is 323 g/mol. The predicted octanol–water partition coefficient (Wildman–Crippen LogP) is 5.06. The highest BCUT2D eigenvalue weighted by Gasteiger charge is 2.18. The molecule has 0 bridgehead atoms. The smallest absolute Gasteiger partial charge is 0.0222 e. The van der Waals surface area contributed by atoms with Crippen LogP contribution in [0.4, 0.5) is 0 Å². The molecule has 1 aromatic carbocycles. The molecular formula is C17H26BrN. The zero-order chi connectivity index (χ0) is 13.7. The fraction of sp³-hybridized carbons (Fsp3) is 0.647.